The van der Waals surface area contributed by atoms with Gasteiger partial charge in [0.15, 0.2) is 6.10 Å². The van der Waals surface area contributed by atoms with Crippen LogP contribution in [0.4, 0.5) is 0 Å². The van der Waals surface area contributed by atoms with Gasteiger partial charge in [-0.3, -0.25) is 4.79 Å². The number of thioether (sulfide) groups is 1. The van der Waals surface area contributed by atoms with Crippen molar-refractivity contribution >= 4 is 17.7 Å². The highest BCUT2D eigenvalue weighted by atomic mass is 32.2. The maximum Gasteiger partial charge on any atom is 0.260 e. The molecule has 0 unspecified atom stereocenters. The van der Waals surface area contributed by atoms with Gasteiger partial charge in [0.25, 0.3) is 5.91 Å². The van der Waals surface area contributed by atoms with Crippen LogP contribution < -0.4 is 10.1 Å². The Balaban J connectivity index is 1.67. The van der Waals surface area contributed by atoms with Gasteiger partial charge in [-0.15, -0.1) is 0 Å². The van der Waals surface area contributed by atoms with E-state index >= 15 is 0 Å². The minimum Gasteiger partial charge on any atom is -0.481 e. The molecule has 2 rings (SSSR count). The monoisotopic (exact) mass is 343 g/mol. The highest BCUT2D eigenvalue weighted by Crippen LogP contribution is 2.18. The minimum atomic E-state index is -0.493. The molecule has 3 nitrogen and oxygen atoms in total. The zero-order valence-corrected chi connectivity index (χ0v) is 15.4. The van der Waals surface area contributed by atoms with Crippen molar-refractivity contribution in [2.75, 3.05) is 12.3 Å². The van der Waals surface area contributed by atoms with Crippen molar-refractivity contribution in [2.24, 2.45) is 0 Å². The summed E-state index contributed by atoms with van der Waals surface area (Å²) in [6, 6.07) is 16.1. The van der Waals surface area contributed by atoms with Gasteiger partial charge in [-0.05, 0) is 43.5 Å². The lowest BCUT2D eigenvalue weighted by Crippen LogP contribution is -2.37. The number of carbonyl (C=O) groups excluding carboxylic acids is 1. The second-order valence-electron chi connectivity index (χ2n) is 5.80. The Morgan fingerprint density at radius 2 is 1.75 bits per heavy atom. The van der Waals surface area contributed by atoms with E-state index in [1.54, 1.807) is 6.92 Å². The average molecular weight is 343 g/mol. The molecule has 24 heavy (non-hydrogen) atoms. The van der Waals surface area contributed by atoms with E-state index < -0.39 is 6.10 Å². The Labute approximate surface area is 148 Å². The number of hydrogen-bond acceptors (Lipinski definition) is 3. The van der Waals surface area contributed by atoms with Gasteiger partial charge in [0, 0.05) is 18.1 Å². The molecule has 2 aromatic carbocycles. The summed E-state index contributed by atoms with van der Waals surface area (Å²) in [5.74, 6) is 2.54. The van der Waals surface area contributed by atoms with E-state index in [-0.39, 0.29) is 5.91 Å². The Kier molecular flexibility index (Phi) is 7.19. The molecule has 1 N–H and O–H groups in total. The Morgan fingerprint density at radius 1 is 1.08 bits per heavy atom. The van der Waals surface area contributed by atoms with Gasteiger partial charge < -0.3 is 10.1 Å². The van der Waals surface area contributed by atoms with Crippen LogP contribution in [0.25, 0.3) is 0 Å². The second kappa shape index (κ2) is 9.38. The van der Waals surface area contributed by atoms with Crippen LogP contribution in [0.1, 0.15) is 23.6 Å². The molecule has 0 spiro atoms. The molecular formula is C20H25NO2S. The third kappa shape index (κ3) is 5.60. The van der Waals surface area contributed by atoms with Crippen LogP contribution in [0.5, 0.6) is 5.75 Å². The Morgan fingerprint density at radius 3 is 2.46 bits per heavy atom. The molecule has 0 saturated carbocycles. The maximum absolute atomic E-state index is 12.1. The van der Waals surface area contributed by atoms with Crippen molar-refractivity contribution in [1.29, 1.82) is 0 Å². The molecule has 0 heterocycles. The Bertz CT molecular complexity index is 672. The standard InChI is InChI=1S/C20H25NO2S/c1-15-8-4-6-10-18(15)14-24-13-12-21-20(22)17(3)23-19-11-7-5-9-16(19)2/h4-11,17H,12-14H2,1-3H3,(H,21,22)/t17-/m1/s1. The molecule has 2 aromatic rings. The topological polar surface area (TPSA) is 38.3 Å². The molecule has 0 saturated heterocycles. The molecule has 0 aliphatic heterocycles. The predicted molar refractivity (Wildman–Crippen MR) is 102 cm³/mol. The summed E-state index contributed by atoms with van der Waals surface area (Å²) in [4.78, 5) is 12.1. The molecule has 0 aliphatic carbocycles. The molecule has 4 heteroatoms. The van der Waals surface area contributed by atoms with E-state index in [4.69, 9.17) is 4.74 Å². The largest absolute Gasteiger partial charge is 0.481 e. The minimum absolute atomic E-state index is 0.0743. The van der Waals surface area contributed by atoms with E-state index in [0.29, 0.717) is 6.54 Å². The predicted octanol–water partition coefficient (Wildman–Crippen LogP) is 4.12. The molecule has 0 aliphatic rings. The van der Waals surface area contributed by atoms with Crippen molar-refractivity contribution in [1.82, 2.24) is 5.32 Å². The summed E-state index contributed by atoms with van der Waals surface area (Å²) in [6.07, 6.45) is -0.493. The van der Waals surface area contributed by atoms with Gasteiger partial charge in [0.05, 0.1) is 0 Å². The lowest BCUT2D eigenvalue weighted by atomic mass is 10.1. The van der Waals surface area contributed by atoms with Gasteiger partial charge in [0.2, 0.25) is 0 Å². The van der Waals surface area contributed by atoms with Crippen LogP contribution in [0.15, 0.2) is 48.5 Å². The number of amides is 1. The summed E-state index contributed by atoms with van der Waals surface area (Å²) in [5.41, 5.74) is 3.70. The molecule has 1 amide bonds. The summed E-state index contributed by atoms with van der Waals surface area (Å²) in [6.45, 7) is 6.53. The number of hydrogen-bond donors (Lipinski definition) is 1. The molecule has 0 fully saturated rings. The number of ether oxygens (including phenoxy) is 1. The van der Waals surface area contributed by atoms with Crippen LogP contribution in [0, 0.1) is 13.8 Å². The van der Waals surface area contributed by atoms with Gasteiger partial charge in [-0.25, -0.2) is 0 Å². The van der Waals surface area contributed by atoms with Crippen LogP contribution in [-0.4, -0.2) is 24.3 Å². The van der Waals surface area contributed by atoms with Crippen molar-refractivity contribution in [2.45, 2.75) is 32.6 Å². The fourth-order valence-electron chi connectivity index (χ4n) is 2.28. The van der Waals surface area contributed by atoms with E-state index in [1.807, 2.05) is 43.0 Å². The van der Waals surface area contributed by atoms with Crippen LogP contribution in [-0.2, 0) is 10.5 Å². The fourth-order valence-corrected chi connectivity index (χ4v) is 3.21. The third-order valence-electron chi connectivity index (χ3n) is 3.83. The SMILES string of the molecule is Cc1ccccc1CSCCNC(=O)[C@@H](C)Oc1ccccc1C. The van der Waals surface area contributed by atoms with Crippen LogP contribution in [0.2, 0.25) is 0 Å². The summed E-state index contributed by atoms with van der Waals surface area (Å²) >= 11 is 1.83. The van der Waals surface area contributed by atoms with Crippen molar-refractivity contribution in [3.05, 3.63) is 65.2 Å². The zero-order valence-electron chi connectivity index (χ0n) is 14.5. The number of rotatable bonds is 8. The average Bonchev–Trinajstić information content (AvgIpc) is 2.58. The first-order valence-corrected chi connectivity index (χ1v) is 9.35. The summed E-state index contributed by atoms with van der Waals surface area (Å²) < 4.78 is 5.73. The van der Waals surface area contributed by atoms with Gasteiger partial charge in [-0.2, -0.15) is 11.8 Å². The molecular weight excluding hydrogens is 318 g/mol. The van der Waals surface area contributed by atoms with Crippen LogP contribution >= 0.6 is 11.8 Å². The number of nitrogens with one attached hydrogen (secondary N) is 1. The zero-order chi connectivity index (χ0) is 17.4. The molecule has 0 radical (unpaired) electrons. The first-order valence-electron chi connectivity index (χ1n) is 8.20. The van der Waals surface area contributed by atoms with Crippen molar-refractivity contribution < 1.29 is 9.53 Å². The summed E-state index contributed by atoms with van der Waals surface area (Å²) in [5, 5.41) is 2.94. The molecule has 0 aromatic heterocycles. The highest BCUT2D eigenvalue weighted by molar-refractivity contribution is 7.98. The molecule has 128 valence electrons. The van der Waals surface area contributed by atoms with E-state index in [2.05, 4.69) is 36.5 Å². The summed E-state index contributed by atoms with van der Waals surface area (Å²) in [7, 11) is 0. The highest BCUT2D eigenvalue weighted by Gasteiger charge is 2.14. The lowest BCUT2D eigenvalue weighted by molar-refractivity contribution is -0.127. The molecule has 1 atom stereocenters. The van der Waals surface area contributed by atoms with Gasteiger partial charge in [-0.1, -0.05) is 42.5 Å². The smallest absolute Gasteiger partial charge is 0.260 e. The first kappa shape index (κ1) is 18.4. The van der Waals surface area contributed by atoms with Gasteiger partial charge >= 0.3 is 0 Å². The lowest BCUT2D eigenvalue weighted by Gasteiger charge is -2.16. The quantitative estimate of drug-likeness (QED) is 0.733. The number of carbonyl (C=O) groups is 1. The van der Waals surface area contributed by atoms with E-state index in [0.717, 1.165) is 22.8 Å². The first-order chi connectivity index (χ1) is 11.6. The van der Waals surface area contributed by atoms with Crippen LogP contribution in [0.3, 0.4) is 0 Å². The Hall–Kier alpha value is -1.94. The molecule has 0 bridgehead atoms. The van der Waals surface area contributed by atoms with Gasteiger partial charge in [0.1, 0.15) is 5.75 Å². The number of para-hydroxylation sites is 1. The third-order valence-corrected chi connectivity index (χ3v) is 4.84. The van der Waals surface area contributed by atoms with Crippen molar-refractivity contribution in [3.63, 3.8) is 0 Å². The van der Waals surface area contributed by atoms with E-state index in [9.17, 15) is 4.79 Å². The normalized spacial score (nSPS) is 11.8. The fraction of sp³-hybridized carbons (Fsp3) is 0.350. The number of benzene rings is 2. The maximum atomic E-state index is 12.1. The number of aryl methyl sites for hydroxylation is 2. The second-order valence-corrected chi connectivity index (χ2v) is 6.90. The van der Waals surface area contributed by atoms with E-state index in [1.165, 1.54) is 11.1 Å². The van der Waals surface area contributed by atoms with Crippen molar-refractivity contribution in [3.8, 4) is 5.75 Å².